The minimum atomic E-state index is -4.52. The smallest absolute Gasteiger partial charge is 0.416 e. The number of rotatable bonds is 6. The molecule has 0 saturated carbocycles. The molecule has 1 atom stereocenters. The van der Waals surface area contributed by atoms with Gasteiger partial charge in [-0.05, 0) is 36.8 Å². The van der Waals surface area contributed by atoms with E-state index in [1.54, 1.807) is 13.0 Å². The Labute approximate surface area is 209 Å². The monoisotopic (exact) mass is 516 g/mol. The number of piperazine rings is 1. The summed E-state index contributed by atoms with van der Waals surface area (Å²) in [5, 5.41) is 14.8. The normalized spacial score (nSPS) is 15.9. The van der Waals surface area contributed by atoms with Gasteiger partial charge in [-0.1, -0.05) is 24.3 Å². The summed E-state index contributed by atoms with van der Waals surface area (Å²) in [6, 6.07) is 10.6. The molecule has 3 aromatic rings. The lowest BCUT2D eigenvalue weighted by atomic mass is 9.97. The standard InChI is InChI=1S/C25H23F3N4O5/c1-2-37-24(34)31-12-11-29-14-21(31)23(33)18-13-19(15-7-9-16(10-8-15)25(26,27)28)30-22(18)17-5-3-4-6-20(17)32(35)36/h3-10,13,21,29-30H,2,11-12,14H2,1H3. The van der Waals surface area contributed by atoms with Crippen molar-refractivity contribution >= 4 is 17.6 Å². The maximum atomic E-state index is 13.8. The van der Waals surface area contributed by atoms with Gasteiger partial charge in [0.25, 0.3) is 5.69 Å². The molecule has 1 unspecified atom stereocenters. The largest absolute Gasteiger partial charge is 0.450 e. The number of halogens is 3. The number of nitro groups is 1. The number of alkyl halides is 3. The summed E-state index contributed by atoms with van der Waals surface area (Å²) < 4.78 is 44.2. The fourth-order valence-corrected chi connectivity index (χ4v) is 4.24. The van der Waals surface area contributed by atoms with E-state index in [0.717, 1.165) is 12.1 Å². The summed E-state index contributed by atoms with van der Waals surface area (Å²) in [5.74, 6) is -0.497. The second-order valence-electron chi connectivity index (χ2n) is 8.30. The molecular formula is C25H23F3N4O5. The van der Waals surface area contributed by atoms with Crippen molar-refractivity contribution < 1.29 is 32.4 Å². The fourth-order valence-electron chi connectivity index (χ4n) is 4.24. The number of benzene rings is 2. The van der Waals surface area contributed by atoms with Gasteiger partial charge >= 0.3 is 12.3 Å². The average Bonchev–Trinajstić information content (AvgIpc) is 3.33. The van der Waals surface area contributed by atoms with E-state index in [9.17, 15) is 32.9 Å². The number of ketones is 1. The highest BCUT2D eigenvalue weighted by Gasteiger charge is 2.36. The van der Waals surface area contributed by atoms with E-state index < -0.39 is 34.6 Å². The van der Waals surface area contributed by atoms with E-state index in [1.807, 2.05) is 0 Å². The van der Waals surface area contributed by atoms with E-state index in [0.29, 0.717) is 12.1 Å². The van der Waals surface area contributed by atoms with E-state index >= 15 is 0 Å². The quantitative estimate of drug-likeness (QED) is 0.274. The molecule has 1 aliphatic heterocycles. The topological polar surface area (TPSA) is 118 Å². The van der Waals surface area contributed by atoms with Crippen LogP contribution in [0, 0.1) is 10.1 Å². The second-order valence-corrected chi connectivity index (χ2v) is 8.30. The summed E-state index contributed by atoms with van der Waals surface area (Å²) in [6.07, 6.45) is -5.18. The fraction of sp³-hybridized carbons (Fsp3) is 0.280. The first-order valence-electron chi connectivity index (χ1n) is 11.4. The van der Waals surface area contributed by atoms with Gasteiger partial charge in [-0.25, -0.2) is 4.79 Å². The molecule has 9 nitrogen and oxygen atoms in total. The van der Waals surface area contributed by atoms with Gasteiger partial charge in [0.1, 0.15) is 6.04 Å². The number of hydrogen-bond acceptors (Lipinski definition) is 6. The highest BCUT2D eigenvalue weighted by molar-refractivity contribution is 6.08. The molecule has 0 radical (unpaired) electrons. The van der Waals surface area contributed by atoms with E-state index in [1.165, 1.54) is 41.3 Å². The van der Waals surface area contributed by atoms with Crippen LogP contribution < -0.4 is 5.32 Å². The van der Waals surface area contributed by atoms with Gasteiger partial charge in [-0.3, -0.25) is 19.8 Å². The maximum Gasteiger partial charge on any atom is 0.416 e. The predicted molar refractivity (Wildman–Crippen MR) is 128 cm³/mol. The number of amides is 1. The van der Waals surface area contributed by atoms with Crippen LogP contribution in [0.15, 0.2) is 54.6 Å². The van der Waals surface area contributed by atoms with Crippen LogP contribution in [-0.4, -0.2) is 59.0 Å². The lowest BCUT2D eigenvalue weighted by Gasteiger charge is -2.34. The third kappa shape index (κ3) is 5.33. The lowest BCUT2D eigenvalue weighted by Crippen LogP contribution is -2.57. The number of nitrogens with zero attached hydrogens (tertiary/aromatic N) is 2. The number of carbonyl (C=O) groups excluding carboxylic acids is 2. The summed E-state index contributed by atoms with van der Waals surface area (Å²) in [6.45, 7) is 2.56. The molecule has 0 spiro atoms. The molecule has 2 N–H and O–H groups in total. The number of Topliss-reactive ketones (excluding diaryl/α,β-unsaturated/α-hetero) is 1. The number of para-hydroxylation sites is 1. The molecule has 1 aromatic heterocycles. The Kier molecular flexibility index (Phi) is 7.30. The van der Waals surface area contributed by atoms with Crippen molar-refractivity contribution in [3.8, 4) is 22.5 Å². The molecule has 1 fully saturated rings. The van der Waals surface area contributed by atoms with Crippen LogP contribution in [0.4, 0.5) is 23.7 Å². The van der Waals surface area contributed by atoms with Crippen molar-refractivity contribution in [1.82, 2.24) is 15.2 Å². The summed E-state index contributed by atoms with van der Waals surface area (Å²) in [5.41, 5.74) is -0.153. The molecule has 1 aliphatic rings. The number of carbonyl (C=O) groups is 2. The maximum absolute atomic E-state index is 13.8. The molecule has 0 aliphatic carbocycles. The Bertz CT molecular complexity index is 1320. The van der Waals surface area contributed by atoms with Gasteiger partial charge in [-0.2, -0.15) is 13.2 Å². The molecule has 2 aromatic carbocycles. The van der Waals surface area contributed by atoms with Crippen molar-refractivity contribution in [1.29, 1.82) is 0 Å². The minimum absolute atomic E-state index is 0.0622. The lowest BCUT2D eigenvalue weighted by molar-refractivity contribution is -0.384. The molecular weight excluding hydrogens is 493 g/mol. The van der Waals surface area contributed by atoms with Crippen molar-refractivity contribution in [2.45, 2.75) is 19.1 Å². The predicted octanol–water partition coefficient (Wildman–Crippen LogP) is 4.89. The van der Waals surface area contributed by atoms with Crippen LogP contribution in [0.5, 0.6) is 0 Å². The Morgan fingerprint density at radius 1 is 1.16 bits per heavy atom. The van der Waals surface area contributed by atoms with Crippen LogP contribution in [0.3, 0.4) is 0 Å². The molecule has 12 heteroatoms. The van der Waals surface area contributed by atoms with E-state index in [2.05, 4.69) is 10.3 Å². The van der Waals surface area contributed by atoms with Gasteiger partial charge in [0.05, 0.1) is 28.4 Å². The van der Waals surface area contributed by atoms with Crippen LogP contribution in [0.2, 0.25) is 0 Å². The number of hydrogen-bond donors (Lipinski definition) is 2. The Balaban J connectivity index is 1.83. The number of nitrogens with one attached hydrogen (secondary N) is 2. The highest BCUT2D eigenvalue weighted by Crippen LogP contribution is 2.36. The molecule has 0 bridgehead atoms. The molecule has 1 amide bonds. The number of aromatic amines is 1. The van der Waals surface area contributed by atoms with Gasteiger partial charge < -0.3 is 15.0 Å². The van der Waals surface area contributed by atoms with Crippen molar-refractivity contribution in [3.05, 3.63) is 75.8 Å². The summed E-state index contributed by atoms with van der Waals surface area (Å²) in [4.78, 5) is 41.7. The van der Waals surface area contributed by atoms with Crippen molar-refractivity contribution in [2.24, 2.45) is 0 Å². The van der Waals surface area contributed by atoms with Crippen molar-refractivity contribution in [2.75, 3.05) is 26.2 Å². The number of aromatic nitrogens is 1. The third-order valence-electron chi connectivity index (χ3n) is 6.02. The average molecular weight is 516 g/mol. The van der Waals surface area contributed by atoms with Crippen LogP contribution >= 0.6 is 0 Å². The first-order valence-corrected chi connectivity index (χ1v) is 11.4. The number of H-pyrrole nitrogens is 1. The zero-order valence-electron chi connectivity index (χ0n) is 19.7. The zero-order chi connectivity index (χ0) is 26.7. The second kappa shape index (κ2) is 10.4. The summed E-state index contributed by atoms with van der Waals surface area (Å²) >= 11 is 0. The van der Waals surface area contributed by atoms with Crippen molar-refractivity contribution in [3.63, 3.8) is 0 Å². The van der Waals surface area contributed by atoms with Crippen LogP contribution in [-0.2, 0) is 10.9 Å². The Hall–Kier alpha value is -4.19. The Morgan fingerprint density at radius 2 is 1.86 bits per heavy atom. The molecule has 37 heavy (non-hydrogen) atoms. The molecule has 1 saturated heterocycles. The van der Waals surface area contributed by atoms with Gasteiger partial charge in [0.2, 0.25) is 0 Å². The first kappa shape index (κ1) is 25.9. The van der Waals surface area contributed by atoms with Gasteiger partial charge in [0.15, 0.2) is 5.78 Å². The SMILES string of the molecule is CCOC(=O)N1CCNCC1C(=O)c1cc(-c2ccc(C(F)(F)F)cc2)[nH]c1-c1ccccc1[N+](=O)[O-]. The third-order valence-corrected chi connectivity index (χ3v) is 6.02. The first-order chi connectivity index (χ1) is 17.6. The molecule has 4 rings (SSSR count). The number of ether oxygens (including phenoxy) is 1. The number of nitro benzene ring substituents is 1. The van der Waals surface area contributed by atoms with E-state index in [4.69, 9.17) is 4.74 Å². The van der Waals surface area contributed by atoms with Gasteiger partial charge in [-0.15, -0.1) is 0 Å². The highest BCUT2D eigenvalue weighted by atomic mass is 19.4. The summed E-state index contributed by atoms with van der Waals surface area (Å²) in [7, 11) is 0. The Morgan fingerprint density at radius 3 is 2.51 bits per heavy atom. The van der Waals surface area contributed by atoms with E-state index in [-0.39, 0.29) is 47.9 Å². The zero-order valence-corrected chi connectivity index (χ0v) is 19.7. The minimum Gasteiger partial charge on any atom is -0.450 e. The van der Waals surface area contributed by atoms with Gasteiger partial charge in [0, 0.05) is 37.0 Å². The molecule has 2 heterocycles. The van der Waals surface area contributed by atoms with Crippen LogP contribution in [0.1, 0.15) is 22.8 Å². The molecule has 194 valence electrons. The van der Waals surface area contributed by atoms with Crippen LogP contribution in [0.25, 0.3) is 22.5 Å².